The van der Waals surface area contributed by atoms with Gasteiger partial charge in [-0.1, -0.05) is 54.6 Å². The maximum atomic E-state index is 13.3. The normalized spacial score (nSPS) is 10.6. The Hall–Kier alpha value is -3.99. The molecule has 1 heterocycles. The van der Waals surface area contributed by atoms with Crippen molar-refractivity contribution in [2.24, 2.45) is 0 Å². The molecule has 5 heteroatoms. The van der Waals surface area contributed by atoms with E-state index < -0.39 is 5.97 Å². The number of benzene rings is 3. The molecule has 0 aliphatic carbocycles. The third kappa shape index (κ3) is 3.78. The summed E-state index contributed by atoms with van der Waals surface area (Å²) >= 11 is 0. The van der Waals surface area contributed by atoms with Gasteiger partial charge < -0.3 is 10.1 Å². The number of amides is 1. The molecule has 1 amide bonds. The number of nitrogens with zero attached hydrogens (tertiary/aromatic N) is 1. The van der Waals surface area contributed by atoms with Crippen LogP contribution in [-0.4, -0.2) is 24.0 Å². The van der Waals surface area contributed by atoms with Crippen LogP contribution >= 0.6 is 0 Å². The van der Waals surface area contributed by atoms with Gasteiger partial charge in [0.1, 0.15) is 0 Å². The average Bonchev–Trinajstić information content (AvgIpc) is 2.79. The first-order chi connectivity index (χ1) is 14.6. The third-order valence-corrected chi connectivity index (χ3v) is 4.94. The van der Waals surface area contributed by atoms with Crippen LogP contribution in [0.1, 0.15) is 26.3 Å². The van der Waals surface area contributed by atoms with Gasteiger partial charge in [0.2, 0.25) is 0 Å². The van der Waals surface area contributed by atoms with Gasteiger partial charge >= 0.3 is 5.97 Å². The van der Waals surface area contributed by atoms with E-state index in [2.05, 4.69) is 5.32 Å². The molecule has 30 heavy (non-hydrogen) atoms. The van der Waals surface area contributed by atoms with Crippen molar-refractivity contribution >= 4 is 28.5 Å². The van der Waals surface area contributed by atoms with Crippen molar-refractivity contribution in [3.05, 3.63) is 95.6 Å². The monoisotopic (exact) mass is 396 g/mol. The minimum absolute atomic E-state index is 0.268. The number of aromatic nitrogens is 1. The number of rotatable bonds is 4. The van der Waals surface area contributed by atoms with Gasteiger partial charge in [0.05, 0.1) is 29.4 Å². The van der Waals surface area contributed by atoms with E-state index in [1.807, 2.05) is 61.5 Å². The molecule has 1 aromatic heterocycles. The molecule has 0 aliphatic rings. The summed E-state index contributed by atoms with van der Waals surface area (Å²) in [6, 6.07) is 24.2. The van der Waals surface area contributed by atoms with Crippen LogP contribution in [0.4, 0.5) is 5.69 Å². The standard InChI is InChI=1S/C25H20N2O3/c1-16-12-13-18(25(29)30-2)14-22(16)27-24(28)20-15-23(17-8-4-3-5-9-17)26-21-11-7-6-10-19(20)21/h3-15H,1-2H3,(H,27,28). The lowest BCUT2D eigenvalue weighted by Crippen LogP contribution is -2.14. The zero-order valence-electron chi connectivity index (χ0n) is 16.7. The van der Waals surface area contributed by atoms with E-state index in [0.717, 1.165) is 27.7 Å². The molecule has 1 N–H and O–H groups in total. The number of anilines is 1. The van der Waals surface area contributed by atoms with Crippen LogP contribution in [0.3, 0.4) is 0 Å². The van der Waals surface area contributed by atoms with Crippen LogP contribution in [-0.2, 0) is 4.74 Å². The number of para-hydroxylation sites is 1. The number of carbonyl (C=O) groups excluding carboxylic acids is 2. The van der Waals surface area contributed by atoms with E-state index in [1.165, 1.54) is 7.11 Å². The van der Waals surface area contributed by atoms with Crippen LogP contribution < -0.4 is 5.32 Å². The maximum absolute atomic E-state index is 13.3. The molecule has 0 fully saturated rings. The first-order valence-corrected chi connectivity index (χ1v) is 9.52. The first-order valence-electron chi connectivity index (χ1n) is 9.52. The number of methoxy groups -OCH3 is 1. The van der Waals surface area contributed by atoms with E-state index in [9.17, 15) is 9.59 Å². The molecule has 0 atom stereocenters. The van der Waals surface area contributed by atoms with Crippen LogP contribution in [0.15, 0.2) is 78.9 Å². The lowest BCUT2D eigenvalue weighted by molar-refractivity contribution is 0.0600. The average molecular weight is 396 g/mol. The minimum atomic E-state index is -0.453. The molecule has 4 aromatic rings. The Kier molecular flexibility index (Phi) is 5.26. The summed E-state index contributed by atoms with van der Waals surface area (Å²) in [4.78, 5) is 29.8. The number of ether oxygens (including phenoxy) is 1. The maximum Gasteiger partial charge on any atom is 0.337 e. The van der Waals surface area contributed by atoms with E-state index in [0.29, 0.717) is 16.8 Å². The molecule has 148 valence electrons. The van der Waals surface area contributed by atoms with E-state index in [1.54, 1.807) is 24.3 Å². The van der Waals surface area contributed by atoms with E-state index in [4.69, 9.17) is 9.72 Å². The quantitative estimate of drug-likeness (QED) is 0.479. The molecular formula is C25H20N2O3. The topological polar surface area (TPSA) is 68.3 Å². The second-order valence-corrected chi connectivity index (χ2v) is 6.91. The van der Waals surface area contributed by atoms with Gasteiger partial charge in [0.25, 0.3) is 5.91 Å². The summed E-state index contributed by atoms with van der Waals surface area (Å²) in [5.74, 6) is -0.720. The highest BCUT2D eigenvalue weighted by Gasteiger charge is 2.16. The zero-order valence-corrected chi connectivity index (χ0v) is 16.7. The van der Waals surface area contributed by atoms with Crippen LogP contribution in [0.2, 0.25) is 0 Å². The summed E-state index contributed by atoms with van der Waals surface area (Å²) in [6.45, 7) is 1.87. The highest BCUT2D eigenvalue weighted by molar-refractivity contribution is 6.13. The van der Waals surface area contributed by atoms with Crippen molar-refractivity contribution in [3.8, 4) is 11.3 Å². The Bertz CT molecular complexity index is 1250. The van der Waals surface area contributed by atoms with Gasteiger partial charge in [-0.3, -0.25) is 4.79 Å². The number of hydrogen-bond acceptors (Lipinski definition) is 4. The first kappa shape index (κ1) is 19.3. The summed E-state index contributed by atoms with van der Waals surface area (Å²) < 4.78 is 4.78. The van der Waals surface area contributed by atoms with Crippen molar-refractivity contribution < 1.29 is 14.3 Å². The van der Waals surface area contributed by atoms with Crippen LogP contribution in [0, 0.1) is 6.92 Å². The van der Waals surface area contributed by atoms with Crippen molar-refractivity contribution in [2.45, 2.75) is 6.92 Å². The Balaban J connectivity index is 1.78. The highest BCUT2D eigenvalue weighted by atomic mass is 16.5. The fourth-order valence-corrected chi connectivity index (χ4v) is 3.31. The SMILES string of the molecule is COC(=O)c1ccc(C)c(NC(=O)c2cc(-c3ccccc3)nc3ccccc23)c1. The lowest BCUT2D eigenvalue weighted by atomic mass is 10.0. The van der Waals surface area contributed by atoms with Crippen LogP contribution in [0.5, 0.6) is 0 Å². The molecular weight excluding hydrogens is 376 g/mol. The van der Waals surface area contributed by atoms with Gasteiger partial charge in [-0.2, -0.15) is 0 Å². The fraction of sp³-hybridized carbons (Fsp3) is 0.0800. The second-order valence-electron chi connectivity index (χ2n) is 6.91. The molecule has 0 aliphatic heterocycles. The molecule has 0 spiro atoms. The minimum Gasteiger partial charge on any atom is -0.465 e. The van der Waals surface area contributed by atoms with Crippen LogP contribution in [0.25, 0.3) is 22.2 Å². The van der Waals surface area contributed by atoms with Gasteiger partial charge in [-0.05, 0) is 36.8 Å². The zero-order chi connectivity index (χ0) is 21.1. The molecule has 0 unspecified atom stereocenters. The number of esters is 1. The van der Waals surface area contributed by atoms with E-state index >= 15 is 0 Å². The third-order valence-electron chi connectivity index (χ3n) is 4.94. The molecule has 0 saturated heterocycles. The van der Waals surface area contributed by atoms with Crippen molar-refractivity contribution in [1.82, 2.24) is 4.98 Å². The van der Waals surface area contributed by atoms with Gasteiger partial charge in [-0.25, -0.2) is 9.78 Å². The largest absolute Gasteiger partial charge is 0.465 e. The van der Waals surface area contributed by atoms with Crippen molar-refractivity contribution in [3.63, 3.8) is 0 Å². The molecule has 0 radical (unpaired) electrons. The summed E-state index contributed by atoms with van der Waals surface area (Å²) in [5.41, 5.74) is 4.69. The Labute approximate surface area is 174 Å². The Morgan fingerprint density at radius 3 is 2.40 bits per heavy atom. The summed E-state index contributed by atoms with van der Waals surface area (Å²) in [6.07, 6.45) is 0. The van der Waals surface area contributed by atoms with Gasteiger partial charge in [0, 0.05) is 16.6 Å². The number of fused-ring (bicyclic) bond motifs is 1. The second kappa shape index (κ2) is 8.17. The van der Waals surface area contributed by atoms with E-state index in [-0.39, 0.29) is 5.91 Å². The number of nitrogens with one attached hydrogen (secondary N) is 1. The molecule has 4 rings (SSSR count). The Morgan fingerprint density at radius 1 is 0.900 bits per heavy atom. The van der Waals surface area contributed by atoms with Crippen molar-refractivity contribution in [2.75, 3.05) is 12.4 Å². The lowest BCUT2D eigenvalue weighted by Gasteiger charge is -2.13. The number of aryl methyl sites for hydroxylation is 1. The molecule has 3 aromatic carbocycles. The number of carbonyl (C=O) groups is 2. The molecule has 0 bridgehead atoms. The Morgan fingerprint density at radius 2 is 1.63 bits per heavy atom. The summed E-state index contributed by atoms with van der Waals surface area (Å²) in [7, 11) is 1.33. The smallest absolute Gasteiger partial charge is 0.337 e. The predicted octanol–water partition coefficient (Wildman–Crippen LogP) is 5.25. The predicted molar refractivity (Wildman–Crippen MR) is 118 cm³/mol. The summed E-state index contributed by atoms with van der Waals surface area (Å²) in [5, 5.41) is 3.70. The van der Waals surface area contributed by atoms with Crippen molar-refractivity contribution in [1.29, 1.82) is 0 Å². The van der Waals surface area contributed by atoms with Gasteiger partial charge in [-0.15, -0.1) is 0 Å². The molecule has 5 nitrogen and oxygen atoms in total. The fourth-order valence-electron chi connectivity index (χ4n) is 3.31. The molecule has 0 saturated carbocycles. The van der Waals surface area contributed by atoms with Gasteiger partial charge in [0.15, 0.2) is 0 Å². The highest BCUT2D eigenvalue weighted by Crippen LogP contribution is 2.26. The number of hydrogen-bond donors (Lipinski definition) is 1. The number of pyridine rings is 1.